The minimum Gasteiger partial charge on any atom is -0.497 e. The highest BCUT2D eigenvalue weighted by molar-refractivity contribution is 5.32. The molecule has 1 aliphatic heterocycles. The fraction of sp³-hybridized carbons (Fsp3) is 0.538. The molecule has 2 atom stereocenters. The van der Waals surface area contributed by atoms with Crippen LogP contribution in [0, 0.1) is 5.92 Å². The van der Waals surface area contributed by atoms with Crippen molar-refractivity contribution >= 4 is 0 Å². The Morgan fingerprint density at radius 3 is 2.56 bits per heavy atom. The standard InChI is InChI=1S/C13H19NO2/c1-13(14,11-7-8-16-9-11)10-3-5-12(15-2)6-4-10/h3-6,11H,7-9,14H2,1-2H3. The molecule has 3 nitrogen and oxygen atoms in total. The molecule has 0 amide bonds. The second-order valence-corrected chi connectivity index (χ2v) is 4.57. The predicted molar refractivity (Wildman–Crippen MR) is 63.5 cm³/mol. The molecule has 1 aliphatic rings. The van der Waals surface area contributed by atoms with Gasteiger partial charge in [-0.3, -0.25) is 0 Å². The van der Waals surface area contributed by atoms with Gasteiger partial charge in [-0.2, -0.15) is 0 Å². The molecule has 0 bridgehead atoms. The second-order valence-electron chi connectivity index (χ2n) is 4.57. The van der Waals surface area contributed by atoms with Crippen LogP contribution in [0.25, 0.3) is 0 Å². The van der Waals surface area contributed by atoms with Crippen molar-refractivity contribution in [2.45, 2.75) is 18.9 Å². The number of hydrogen-bond donors (Lipinski definition) is 1. The Balaban J connectivity index is 2.20. The van der Waals surface area contributed by atoms with Gasteiger partial charge in [-0.25, -0.2) is 0 Å². The van der Waals surface area contributed by atoms with Gasteiger partial charge in [0.05, 0.1) is 13.7 Å². The molecule has 1 saturated heterocycles. The average molecular weight is 221 g/mol. The normalized spacial score (nSPS) is 24.1. The summed E-state index contributed by atoms with van der Waals surface area (Å²) in [6.45, 7) is 3.67. The van der Waals surface area contributed by atoms with Gasteiger partial charge < -0.3 is 15.2 Å². The van der Waals surface area contributed by atoms with Crippen LogP contribution in [-0.4, -0.2) is 20.3 Å². The maximum Gasteiger partial charge on any atom is 0.118 e. The molecular formula is C13H19NO2. The van der Waals surface area contributed by atoms with Gasteiger partial charge in [0.25, 0.3) is 0 Å². The molecular weight excluding hydrogens is 202 g/mol. The first-order valence-corrected chi connectivity index (χ1v) is 5.65. The van der Waals surface area contributed by atoms with E-state index in [-0.39, 0.29) is 5.54 Å². The fourth-order valence-corrected chi connectivity index (χ4v) is 2.19. The molecule has 1 aromatic carbocycles. The molecule has 0 radical (unpaired) electrons. The zero-order chi connectivity index (χ0) is 11.6. The largest absolute Gasteiger partial charge is 0.497 e. The van der Waals surface area contributed by atoms with E-state index in [1.165, 1.54) is 0 Å². The van der Waals surface area contributed by atoms with Crippen LogP contribution in [-0.2, 0) is 10.3 Å². The van der Waals surface area contributed by atoms with Gasteiger partial charge in [-0.1, -0.05) is 12.1 Å². The molecule has 0 saturated carbocycles. The summed E-state index contributed by atoms with van der Waals surface area (Å²) >= 11 is 0. The Hall–Kier alpha value is -1.06. The van der Waals surface area contributed by atoms with Crippen LogP contribution in [0.2, 0.25) is 0 Å². The third-order valence-corrected chi connectivity index (χ3v) is 3.49. The zero-order valence-electron chi connectivity index (χ0n) is 9.90. The lowest BCUT2D eigenvalue weighted by Crippen LogP contribution is -2.41. The zero-order valence-corrected chi connectivity index (χ0v) is 9.90. The van der Waals surface area contributed by atoms with Crippen molar-refractivity contribution in [1.82, 2.24) is 0 Å². The summed E-state index contributed by atoms with van der Waals surface area (Å²) in [7, 11) is 1.67. The first-order chi connectivity index (χ1) is 7.64. The number of ether oxygens (including phenoxy) is 2. The van der Waals surface area contributed by atoms with Gasteiger partial charge in [0.15, 0.2) is 0 Å². The molecule has 1 heterocycles. The molecule has 1 aromatic rings. The van der Waals surface area contributed by atoms with Crippen molar-refractivity contribution in [3.8, 4) is 5.75 Å². The van der Waals surface area contributed by atoms with Gasteiger partial charge in [-0.05, 0) is 31.0 Å². The predicted octanol–water partition coefficient (Wildman–Crippen LogP) is 1.91. The van der Waals surface area contributed by atoms with Crippen LogP contribution in [0.5, 0.6) is 5.75 Å². The van der Waals surface area contributed by atoms with Crippen LogP contribution in [0.15, 0.2) is 24.3 Å². The maximum absolute atomic E-state index is 6.41. The van der Waals surface area contributed by atoms with Crippen molar-refractivity contribution in [1.29, 1.82) is 0 Å². The summed E-state index contributed by atoms with van der Waals surface area (Å²) in [6, 6.07) is 7.99. The number of benzene rings is 1. The lowest BCUT2D eigenvalue weighted by Gasteiger charge is -2.31. The van der Waals surface area contributed by atoms with Gasteiger partial charge >= 0.3 is 0 Å². The van der Waals surface area contributed by atoms with E-state index in [0.717, 1.165) is 30.9 Å². The molecule has 2 rings (SSSR count). The van der Waals surface area contributed by atoms with Crippen molar-refractivity contribution < 1.29 is 9.47 Å². The van der Waals surface area contributed by atoms with Crippen molar-refractivity contribution in [2.24, 2.45) is 11.7 Å². The first-order valence-electron chi connectivity index (χ1n) is 5.65. The molecule has 88 valence electrons. The van der Waals surface area contributed by atoms with E-state index < -0.39 is 0 Å². The highest BCUT2D eigenvalue weighted by Gasteiger charge is 2.34. The lowest BCUT2D eigenvalue weighted by molar-refractivity contribution is 0.166. The Labute approximate surface area is 96.5 Å². The minimum atomic E-state index is -0.317. The topological polar surface area (TPSA) is 44.5 Å². The SMILES string of the molecule is COc1ccc(C(C)(N)C2CCOC2)cc1. The van der Waals surface area contributed by atoms with Gasteiger partial charge in [0.2, 0.25) is 0 Å². The molecule has 3 heteroatoms. The van der Waals surface area contributed by atoms with Gasteiger partial charge in [-0.15, -0.1) is 0 Å². The first kappa shape index (κ1) is 11.4. The molecule has 0 aromatic heterocycles. The summed E-state index contributed by atoms with van der Waals surface area (Å²) < 4.78 is 10.5. The van der Waals surface area contributed by atoms with E-state index in [4.69, 9.17) is 15.2 Å². The average Bonchev–Trinajstić information content (AvgIpc) is 2.83. The molecule has 0 aliphatic carbocycles. The van der Waals surface area contributed by atoms with Gasteiger partial charge in [0, 0.05) is 18.1 Å². The Kier molecular flexibility index (Phi) is 3.17. The van der Waals surface area contributed by atoms with E-state index in [0.29, 0.717) is 5.92 Å². The maximum atomic E-state index is 6.41. The van der Waals surface area contributed by atoms with Crippen LogP contribution < -0.4 is 10.5 Å². The summed E-state index contributed by atoms with van der Waals surface area (Å²) in [5.74, 6) is 1.27. The quantitative estimate of drug-likeness (QED) is 0.848. The van der Waals surface area contributed by atoms with E-state index in [1.807, 2.05) is 24.3 Å². The molecule has 16 heavy (non-hydrogen) atoms. The van der Waals surface area contributed by atoms with E-state index in [2.05, 4.69) is 6.92 Å². The van der Waals surface area contributed by atoms with Crippen molar-refractivity contribution in [3.63, 3.8) is 0 Å². The summed E-state index contributed by atoms with van der Waals surface area (Å²) in [4.78, 5) is 0. The highest BCUT2D eigenvalue weighted by Crippen LogP contribution is 2.33. The molecule has 1 fully saturated rings. The minimum absolute atomic E-state index is 0.317. The van der Waals surface area contributed by atoms with Crippen molar-refractivity contribution in [3.05, 3.63) is 29.8 Å². The Morgan fingerprint density at radius 1 is 1.38 bits per heavy atom. The van der Waals surface area contributed by atoms with Crippen molar-refractivity contribution in [2.75, 3.05) is 20.3 Å². The summed E-state index contributed by atoms with van der Waals surface area (Å²) in [5.41, 5.74) is 7.24. The number of rotatable bonds is 3. The van der Waals surface area contributed by atoms with Crippen LogP contribution >= 0.6 is 0 Å². The summed E-state index contributed by atoms with van der Waals surface area (Å²) in [5, 5.41) is 0. The van der Waals surface area contributed by atoms with Crippen LogP contribution in [0.3, 0.4) is 0 Å². The number of nitrogens with two attached hydrogens (primary N) is 1. The summed E-state index contributed by atoms with van der Waals surface area (Å²) in [6.07, 6.45) is 1.04. The third kappa shape index (κ3) is 2.06. The Bertz CT molecular complexity index is 339. The Morgan fingerprint density at radius 2 is 2.06 bits per heavy atom. The monoisotopic (exact) mass is 221 g/mol. The van der Waals surface area contributed by atoms with E-state index >= 15 is 0 Å². The number of hydrogen-bond acceptors (Lipinski definition) is 3. The molecule has 2 unspecified atom stereocenters. The third-order valence-electron chi connectivity index (χ3n) is 3.49. The second kappa shape index (κ2) is 4.44. The molecule has 0 spiro atoms. The lowest BCUT2D eigenvalue weighted by atomic mass is 9.80. The number of methoxy groups -OCH3 is 1. The van der Waals surface area contributed by atoms with Crippen LogP contribution in [0.1, 0.15) is 18.9 Å². The van der Waals surface area contributed by atoms with E-state index in [1.54, 1.807) is 7.11 Å². The smallest absolute Gasteiger partial charge is 0.118 e. The van der Waals surface area contributed by atoms with E-state index in [9.17, 15) is 0 Å². The molecule has 2 N–H and O–H groups in total. The van der Waals surface area contributed by atoms with Crippen LogP contribution in [0.4, 0.5) is 0 Å². The van der Waals surface area contributed by atoms with Gasteiger partial charge in [0.1, 0.15) is 5.75 Å². The fourth-order valence-electron chi connectivity index (χ4n) is 2.19. The highest BCUT2D eigenvalue weighted by atomic mass is 16.5.